The molecule has 0 fully saturated rings. The summed E-state index contributed by atoms with van der Waals surface area (Å²) in [4.78, 5) is 4.37. The topological polar surface area (TPSA) is 24.9 Å². The molecule has 0 aliphatic rings. The van der Waals surface area contributed by atoms with Crippen molar-refractivity contribution in [3.8, 4) is 11.3 Å². The largest absolute Gasteiger partial charge is 0.316 e. The Labute approximate surface area is 96.4 Å². The van der Waals surface area contributed by atoms with Crippen LogP contribution in [0.2, 0.25) is 0 Å². The van der Waals surface area contributed by atoms with Gasteiger partial charge in [0.25, 0.3) is 0 Å². The number of rotatable bonds is 3. The van der Waals surface area contributed by atoms with E-state index in [1.807, 2.05) is 31.4 Å². The summed E-state index contributed by atoms with van der Waals surface area (Å²) in [6.45, 7) is 3.03. The van der Waals surface area contributed by atoms with Gasteiger partial charge < -0.3 is 5.32 Å². The fourth-order valence-corrected chi connectivity index (χ4v) is 1.85. The van der Waals surface area contributed by atoms with E-state index in [0.29, 0.717) is 0 Å². The minimum Gasteiger partial charge on any atom is -0.316 e. The van der Waals surface area contributed by atoms with E-state index in [-0.39, 0.29) is 0 Å². The van der Waals surface area contributed by atoms with Crippen LogP contribution in [0.3, 0.4) is 0 Å². The predicted octanol–water partition coefficient (Wildman–Crippen LogP) is 2.78. The zero-order valence-corrected chi connectivity index (χ0v) is 9.70. The summed E-state index contributed by atoms with van der Waals surface area (Å²) in [5.41, 5.74) is 4.82. The molecular weight excluding hydrogens is 196 g/mol. The molecule has 0 saturated heterocycles. The maximum atomic E-state index is 4.37. The number of pyridine rings is 1. The van der Waals surface area contributed by atoms with E-state index in [9.17, 15) is 0 Å². The SMILES string of the molecule is CNCc1ccc(-c2ccccn2)c(C)c1. The molecule has 1 heterocycles. The predicted molar refractivity (Wildman–Crippen MR) is 67.2 cm³/mol. The van der Waals surface area contributed by atoms with Gasteiger partial charge in [-0.25, -0.2) is 0 Å². The molecule has 0 atom stereocenters. The standard InChI is InChI=1S/C14H16N2/c1-11-9-12(10-15-2)6-7-13(11)14-5-3-4-8-16-14/h3-9,15H,10H2,1-2H3. The molecule has 0 bridgehead atoms. The van der Waals surface area contributed by atoms with Crippen LogP contribution in [0.1, 0.15) is 11.1 Å². The van der Waals surface area contributed by atoms with E-state index < -0.39 is 0 Å². The molecule has 2 aromatic rings. The first-order chi connectivity index (χ1) is 7.81. The molecule has 2 rings (SSSR count). The summed E-state index contributed by atoms with van der Waals surface area (Å²) in [6.07, 6.45) is 1.83. The Hall–Kier alpha value is -1.67. The van der Waals surface area contributed by atoms with Crippen LogP contribution < -0.4 is 5.32 Å². The molecule has 0 spiro atoms. The van der Waals surface area contributed by atoms with Gasteiger partial charge in [-0.3, -0.25) is 4.98 Å². The number of hydrogen-bond donors (Lipinski definition) is 1. The Balaban J connectivity index is 2.37. The van der Waals surface area contributed by atoms with Crippen molar-refractivity contribution in [3.05, 3.63) is 53.7 Å². The maximum Gasteiger partial charge on any atom is 0.0704 e. The van der Waals surface area contributed by atoms with Crippen LogP contribution in [0.15, 0.2) is 42.6 Å². The summed E-state index contributed by atoms with van der Waals surface area (Å²) < 4.78 is 0. The minimum atomic E-state index is 0.906. The zero-order chi connectivity index (χ0) is 11.4. The first kappa shape index (κ1) is 10.8. The van der Waals surface area contributed by atoms with Gasteiger partial charge in [-0.2, -0.15) is 0 Å². The number of aromatic nitrogens is 1. The van der Waals surface area contributed by atoms with Crippen LogP contribution in [-0.4, -0.2) is 12.0 Å². The van der Waals surface area contributed by atoms with Crippen LogP contribution in [0.4, 0.5) is 0 Å². The van der Waals surface area contributed by atoms with Gasteiger partial charge in [0.15, 0.2) is 0 Å². The molecule has 0 amide bonds. The normalized spacial score (nSPS) is 10.4. The van der Waals surface area contributed by atoms with Crippen LogP contribution in [0.5, 0.6) is 0 Å². The average Bonchev–Trinajstić information content (AvgIpc) is 2.31. The molecule has 1 N–H and O–H groups in total. The molecule has 2 nitrogen and oxygen atoms in total. The monoisotopic (exact) mass is 212 g/mol. The van der Waals surface area contributed by atoms with Gasteiger partial charge in [-0.1, -0.05) is 24.3 Å². The van der Waals surface area contributed by atoms with E-state index in [1.54, 1.807) is 0 Å². The summed E-state index contributed by atoms with van der Waals surface area (Å²) in [5, 5.41) is 3.15. The summed E-state index contributed by atoms with van der Waals surface area (Å²) in [6, 6.07) is 12.5. The van der Waals surface area contributed by atoms with E-state index >= 15 is 0 Å². The summed E-state index contributed by atoms with van der Waals surface area (Å²) in [7, 11) is 1.96. The Morgan fingerprint density at radius 1 is 1.19 bits per heavy atom. The van der Waals surface area contributed by atoms with Gasteiger partial charge in [0.05, 0.1) is 5.69 Å². The molecule has 1 aromatic carbocycles. The molecular formula is C14H16N2. The van der Waals surface area contributed by atoms with Crippen molar-refractivity contribution in [2.75, 3.05) is 7.05 Å². The van der Waals surface area contributed by atoms with Gasteiger partial charge in [0.2, 0.25) is 0 Å². The molecule has 0 radical (unpaired) electrons. The Morgan fingerprint density at radius 3 is 2.69 bits per heavy atom. The number of aryl methyl sites for hydroxylation is 1. The number of hydrogen-bond acceptors (Lipinski definition) is 2. The number of nitrogens with zero attached hydrogens (tertiary/aromatic N) is 1. The smallest absolute Gasteiger partial charge is 0.0704 e. The first-order valence-electron chi connectivity index (χ1n) is 5.47. The van der Waals surface area contributed by atoms with E-state index in [4.69, 9.17) is 0 Å². The van der Waals surface area contributed by atoms with Gasteiger partial charge >= 0.3 is 0 Å². The van der Waals surface area contributed by atoms with Crippen LogP contribution in [-0.2, 0) is 6.54 Å². The summed E-state index contributed by atoms with van der Waals surface area (Å²) in [5.74, 6) is 0. The Bertz CT molecular complexity index is 463. The van der Waals surface area contributed by atoms with Crippen molar-refractivity contribution in [3.63, 3.8) is 0 Å². The van der Waals surface area contributed by atoms with Crippen molar-refractivity contribution in [2.45, 2.75) is 13.5 Å². The highest BCUT2D eigenvalue weighted by atomic mass is 14.8. The van der Waals surface area contributed by atoms with Gasteiger partial charge in [-0.05, 0) is 37.2 Å². The van der Waals surface area contributed by atoms with Crippen LogP contribution in [0.25, 0.3) is 11.3 Å². The number of benzene rings is 1. The van der Waals surface area contributed by atoms with Crippen molar-refractivity contribution in [1.82, 2.24) is 10.3 Å². The second kappa shape index (κ2) is 4.90. The lowest BCUT2D eigenvalue weighted by Crippen LogP contribution is -2.05. The second-order valence-electron chi connectivity index (χ2n) is 3.89. The van der Waals surface area contributed by atoms with Crippen LogP contribution in [0, 0.1) is 6.92 Å². The lowest BCUT2D eigenvalue weighted by atomic mass is 10.0. The van der Waals surface area contributed by atoms with E-state index in [0.717, 1.165) is 12.2 Å². The molecule has 0 unspecified atom stereocenters. The molecule has 82 valence electrons. The van der Waals surface area contributed by atoms with Gasteiger partial charge in [0, 0.05) is 18.3 Å². The fourth-order valence-electron chi connectivity index (χ4n) is 1.85. The van der Waals surface area contributed by atoms with Crippen LogP contribution >= 0.6 is 0 Å². The van der Waals surface area contributed by atoms with Gasteiger partial charge in [0.1, 0.15) is 0 Å². The Morgan fingerprint density at radius 2 is 2.06 bits per heavy atom. The quantitative estimate of drug-likeness (QED) is 0.846. The molecule has 0 aliphatic heterocycles. The Kier molecular flexibility index (Phi) is 3.32. The fraction of sp³-hybridized carbons (Fsp3) is 0.214. The maximum absolute atomic E-state index is 4.37. The lowest BCUT2D eigenvalue weighted by molar-refractivity contribution is 0.817. The van der Waals surface area contributed by atoms with E-state index in [2.05, 4.69) is 35.4 Å². The molecule has 1 aromatic heterocycles. The van der Waals surface area contributed by atoms with Crippen molar-refractivity contribution >= 4 is 0 Å². The highest BCUT2D eigenvalue weighted by Gasteiger charge is 2.03. The van der Waals surface area contributed by atoms with Crippen molar-refractivity contribution in [2.24, 2.45) is 0 Å². The highest BCUT2D eigenvalue weighted by molar-refractivity contribution is 5.63. The molecule has 0 saturated carbocycles. The second-order valence-corrected chi connectivity index (χ2v) is 3.89. The molecule has 0 aliphatic carbocycles. The number of nitrogens with one attached hydrogen (secondary N) is 1. The minimum absolute atomic E-state index is 0.906. The van der Waals surface area contributed by atoms with Crippen molar-refractivity contribution in [1.29, 1.82) is 0 Å². The molecule has 16 heavy (non-hydrogen) atoms. The van der Waals surface area contributed by atoms with E-state index in [1.165, 1.54) is 16.7 Å². The third-order valence-electron chi connectivity index (χ3n) is 2.61. The third kappa shape index (κ3) is 2.28. The van der Waals surface area contributed by atoms with Gasteiger partial charge in [-0.15, -0.1) is 0 Å². The molecule has 2 heteroatoms. The third-order valence-corrected chi connectivity index (χ3v) is 2.61. The highest BCUT2D eigenvalue weighted by Crippen LogP contribution is 2.21. The van der Waals surface area contributed by atoms with Crippen molar-refractivity contribution < 1.29 is 0 Å². The zero-order valence-electron chi connectivity index (χ0n) is 9.70. The first-order valence-corrected chi connectivity index (χ1v) is 5.47. The average molecular weight is 212 g/mol. The lowest BCUT2D eigenvalue weighted by Gasteiger charge is -2.07. The summed E-state index contributed by atoms with van der Waals surface area (Å²) >= 11 is 0.